The topological polar surface area (TPSA) is 109 Å². The number of hydrogen-bond donors (Lipinski definition) is 3. The molecule has 10 heteroatoms. The van der Waals surface area contributed by atoms with E-state index in [1.54, 1.807) is 54.1 Å². The molecule has 44 heavy (non-hydrogen) atoms. The number of nitrogens with zero attached hydrogens (tertiary/aromatic N) is 3. The number of hydrogen-bond acceptors (Lipinski definition) is 7. The SMILES string of the molecule is CCCCCCCCc1csc(-n2ccc3cc(S(=O)(=O)Nc4ccc(CCNC[C@H](O)c5cccnc5)cc4)ccc32)n1. The Balaban J connectivity index is 1.14. The molecule has 0 aliphatic heterocycles. The summed E-state index contributed by atoms with van der Waals surface area (Å²) in [5, 5.41) is 17.4. The molecule has 3 aromatic heterocycles. The first kappa shape index (κ1) is 31.8. The Kier molecular flexibility index (Phi) is 11.2. The van der Waals surface area contributed by atoms with E-state index in [1.165, 1.54) is 32.1 Å². The largest absolute Gasteiger partial charge is 0.387 e. The minimum Gasteiger partial charge on any atom is -0.387 e. The van der Waals surface area contributed by atoms with Crippen molar-refractivity contribution < 1.29 is 13.5 Å². The highest BCUT2D eigenvalue weighted by molar-refractivity contribution is 7.92. The van der Waals surface area contributed by atoms with Crippen LogP contribution < -0.4 is 10.0 Å². The average Bonchev–Trinajstić information content (AvgIpc) is 3.69. The van der Waals surface area contributed by atoms with Gasteiger partial charge in [0.1, 0.15) is 0 Å². The number of benzene rings is 2. The van der Waals surface area contributed by atoms with E-state index < -0.39 is 16.1 Å². The summed E-state index contributed by atoms with van der Waals surface area (Å²) in [7, 11) is -3.76. The number of sulfonamides is 1. The number of aliphatic hydroxyl groups is 1. The van der Waals surface area contributed by atoms with Crippen LogP contribution in [0.5, 0.6) is 0 Å². The molecular formula is C34H41N5O3S2. The van der Waals surface area contributed by atoms with Crippen molar-refractivity contribution in [3.63, 3.8) is 0 Å². The van der Waals surface area contributed by atoms with Crippen LogP contribution in [0, 0.1) is 0 Å². The van der Waals surface area contributed by atoms with Crippen LogP contribution in [0.3, 0.4) is 0 Å². The van der Waals surface area contributed by atoms with E-state index in [-0.39, 0.29) is 4.90 Å². The third kappa shape index (κ3) is 8.53. The monoisotopic (exact) mass is 631 g/mol. The number of aryl methyl sites for hydroxylation is 1. The summed E-state index contributed by atoms with van der Waals surface area (Å²) in [4.78, 5) is 9.10. The maximum atomic E-state index is 13.2. The first-order valence-electron chi connectivity index (χ1n) is 15.4. The van der Waals surface area contributed by atoms with Gasteiger partial charge in [0, 0.05) is 47.2 Å². The number of nitrogens with one attached hydrogen (secondary N) is 2. The van der Waals surface area contributed by atoms with E-state index in [9.17, 15) is 13.5 Å². The maximum absolute atomic E-state index is 13.2. The van der Waals surface area contributed by atoms with Crippen molar-refractivity contribution in [2.24, 2.45) is 0 Å². The van der Waals surface area contributed by atoms with Crippen molar-refractivity contribution in [1.29, 1.82) is 0 Å². The molecule has 0 saturated heterocycles. The second-order valence-electron chi connectivity index (χ2n) is 11.1. The lowest BCUT2D eigenvalue weighted by molar-refractivity contribution is 0.174. The highest BCUT2D eigenvalue weighted by atomic mass is 32.2. The van der Waals surface area contributed by atoms with Gasteiger partial charge in [0.25, 0.3) is 10.0 Å². The van der Waals surface area contributed by atoms with Crippen LogP contribution in [-0.2, 0) is 22.9 Å². The Bertz CT molecular complexity index is 1720. The highest BCUT2D eigenvalue weighted by Gasteiger charge is 2.17. The van der Waals surface area contributed by atoms with Gasteiger partial charge in [0.05, 0.1) is 22.2 Å². The first-order valence-corrected chi connectivity index (χ1v) is 17.8. The first-order chi connectivity index (χ1) is 21.4. The summed E-state index contributed by atoms with van der Waals surface area (Å²) >= 11 is 1.62. The van der Waals surface area contributed by atoms with Crippen LogP contribution in [0.1, 0.15) is 68.4 Å². The van der Waals surface area contributed by atoms with Gasteiger partial charge in [-0.15, -0.1) is 11.3 Å². The second-order valence-corrected chi connectivity index (χ2v) is 13.6. The van der Waals surface area contributed by atoms with E-state index >= 15 is 0 Å². The number of aromatic nitrogens is 3. The Morgan fingerprint density at radius 2 is 1.80 bits per heavy atom. The van der Waals surface area contributed by atoms with Crippen molar-refractivity contribution in [1.82, 2.24) is 19.9 Å². The molecule has 0 unspecified atom stereocenters. The molecule has 232 valence electrons. The van der Waals surface area contributed by atoms with Gasteiger partial charge in [-0.3, -0.25) is 14.3 Å². The third-order valence-electron chi connectivity index (χ3n) is 7.71. The van der Waals surface area contributed by atoms with Crippen LogP contribution in [0.25, 0.3) is 16.0 Å². The van der Waals surface area contributed by atoms with E-state index in [2.05, 4.69) is 27.3 Å². The van der Waals surface area contributed by atoms with Crippen molar-refractivity contribution in [2.75, 3.05) is 17.8 Å². The predicted octanol–water partition coefficient (Wildman–Crippen LogP) is 7.05. The molecule has 5 rings (SSSR count). The summed E-state index contributed by atoms with van der Waals surface area (Å²) in [6, 6.07) is 18.2. The maximum Gasteiger partial charge on any atom is 0.261 e. The molecule has 0 radical (unpaired) electrons. The standard InChI is InChI=1S/C34H41N5O3S2/c1-2-3-4-5-6-7-10-30-25-43-34(37-30)39-21-18-27-22-31(15-16-32(27)39)44(41,42)38-29-13-11-26(12-14-29)17-20-36-24-33(40)28-9-8-19-35-23-28/h8-9,11-16,18-19,21-23,25,33,36,38,40H,2-7,10,17,20,24H2,1H3/t33-/m0/s1. The van der Waals surface area contributed by atoms with Gasteiger partial charge in [-0.2, -0.15) is 0 Å². The average molecular weight is 632 g/mol. The van der Waals surface area contributed by atoms with Gasteiger partial charge in [-0.25, -0.2) is 13.4 Å². The van der Waals surface area contributed by atoms with Gasteiger partial charge >= 0.3 is 0 Å². The molecular weight excluding hydrogens is 591 g/mol. The lowest BCUT2D eigenvalue weighted by atomic mass is 10.1. The number of fused-ring (bicyclic) bond motifs is 1. The van der Waals surface area contributed by atoms with E-state index in [0.717, 1.165) is 52.1 Å². The van der Waals surface area contributed by atoms with Crippen LogP contribution >= 0.6 is 11.3 Å². The summed E-state index contributed by atoms with van der Waals surface area (Å²) in [6.45, 7) is 3.35. The van der Waals surface area contributed by atoms with Gasteiger partial charge in [0.2, 0.25) is 0 Å². The molecule has 0 aliphatic carbocycles. The van der Waals surface area contributed by atoms with Crippen molar-refractivity contribution in [3.8, 4) is 5.13 Å². The van der Waals surface area contributed by atoms with Crippen LogP contribution in [0.4, 0.5) is 5.69 Å². The van der Waals surface area contributed by atoms with Crippen molar-refractivity contribution in [3.05, 3.63) is 101 Å². The molecule has 3 N–H and O–H groups in total. The Hall–Kier alpha value is -3.57. The Morgan fingerprint density at radius 1 is 0.977 bits per heavy atom. The molecule has 0 amide bonds. The highest BCUT2D eigenvalue weighted by Crippen LogP contribution is 2.27. The molecule has 3 heterocycles. The summed E-state index contributed by atoms with van der Waals surface area (Å²) in [5.41, 5.74) is 4.40. The van der Waals surface area contributed by atoms with Gasteiger partial charge < -0.3 is 10.4 Å². The van der Waals surface area contributed by atoms with Crippen molar-refractivity contribution >= 4 is 38.0 Å². The zero-order chi connectivity index (χ0) is 30.8. The van der Waals surface area contributed by atoms with Crippen molar-refractivity contribution in [2.45, 2.75) is 69.3 Å². The number of unbranched alkanes of at least 4 members (excludes halogenated alkanes) is 5. The molecule has 0 spiro atoms. The van der Waals surface area contributed by atoms with Crippen LogP contribution in [-0.4, -0.2) is 41.1 Å². The number of rotatable bonds is 17. The molecule has 0 fully saturated rings. The van der Waals surface area contributed by atoms with E-state index in [1.807, 2.05) is 41.1 Å². The fourth-order valence-electron chi connectivity index (χ4n) is 5.18. The van der Waals surface area contributed by atoms with Gasteiger partial charge in [0.15, 0.2) is 5.13 Å². The van der Waals surface area contributed by atoms with Gasteiger partial charge in [-0.05, 0) is 73.8 Å². The molecule has 2 aromatic carbocycles. The Morgan fingerprint density at radius 3 is 2.59 bits per heavy atom. The minimum absolute atomic E-state index is 0.214. The van der Waals surface area contributed by atoms with Crippen LogP contribution in [0.2, 0.25) is 0 Å². The zero-order valence-electron chi connectivity index (χ0n) is 25.2. The normalized spacial score (nSPS) is 12.5. The summed E-state index contributed by atoms with van der Waals surface area (Å²) < 4.78 is 31.2. The number of thiazole rings is 1. The smallest absolute Gasteiger partial charge is 0.261 e. The van der Waals surface area contributed by atoms with E-state index in [0.29, 0.717) is 18.8 Å². The molecule has 0 aliphatic rings. The minimum atomic E-state index is -3.76. The van der Waals surface area contributed by atoms with E-state index in [4.69, 9.17) is 4.98 Å². The lowest BCUT2D eigenvalue weighted by Crippen LogP contribution is -2.23. The predicted molar refractivity (Wildman–Crippen MR) is 179 cm³/mol. The van der Waals surface area contributed by atoms with Gasteiger partial charge in [-0.1, -0.05) is 57.2 Å². The summed E-state index contributed by atoms with van der Waals surface area (Å²) in [5.74, 6) is 0. The van der Waals surface area contributed by atoms with Crippen LogP contribution in [0.15, 0.2) is 89.5 Å². The zero-order valence-corrected chi connectivity index (χ0v) is 26.8. The number of pyridine rings is 1. The lowest BCUT2D eigenvalue weighted by Gasteiger charge is -2.12. The third-order valence-corrected chi connectivity index (χ3v) is 9.98. The Labute approximate surface area is 264 Å². The summed E-state index contributed by atoms with van der Waals surface area (Å²) in [6.07, 6.45) is 14.0. The molecule has 1 atom stereocenters. The second kappa shape index (κ2) is 15.4. The fourth-order valence-corrected chi connectivity index (χ4v) is 7.13. The quantitative estimate of drug-likeness (QED) is 0.0949. The molecule has 5 aromatic rings. The fraction of sp³-hybridized carbons (Fsp3) is 0.353. The number of aliphatic hydroxyl groups excluding tert-OH is 1. The molecule has 0 saturated carbocycles. The molecule has 8 nitrogen and oxygen atoms in total. The molecule has 0 bridgehead atoms. The number of anilines is 1.